The van der Waals surface area contributed by atoms with Crippen molar-refractivity contribution in [3.8, 4) is 17.1 Å². The SMILES string of the molecule is C[n+]1c2n(c3c4cccnc4n(-c4ccccc4)c31)Cc1cnccc1-2. The highest BCUT2D eigenvalue weighted by Gasteiger charge is 2.35. The first-order valence-electron chi connectivity index (χ1n) is 8.71. The van der Waals surface area contributed by atoms with Gasteiger partial charge in [-0.1, -0.05) is 18.2 Å². The zero-order valence-corrected chi connectivity index (χ0v) is 14.3. The second kappa shape index (κ2) is 4.79. The van der Waals surface area contributed by atoms with Crippen LogP contribution < -0.4 is 4.57 Å². The number of para-hydroxylation sites is 1. The lowest BCUT2D eigenvalue weighted by molar-refractivity contribution is -0.636. The fourth-order valence-electron chi connectivity index (χ4n) is 4.29. The molecule has 0 spiro atoms. The van der Waals surface area contributed by atoms with Crippen molar-refractivity contribution >= 4 is 22.2 Å². The minimum absolute atomic E-state index is 0.846. The molecule has 0 aliphatic carbocycles. The summed E-state index contributed by atoms with van der Waals surface area (Å²) >= 11 is 0. The first-order chi connectivity index (χ1) is 12.8. The molecule has 26 heavy (non-hydrogen) atoms. The summed E-state index contributed by atoms with van der Waals surface area (Å²) < 4.78 is 6.94. The molecule has 5 aromatic rings. The minimum Gasteiger partial charge on any atom is -0.264 e. The van der Waals surface area contributed by atoms with Crippen molar-refractivity contribution in [2.75, 3.05) is 0 Å². The predicted octanol–water partition coefficient (Wildman–Crippen LogP) is 3.23. The molecule has 124 valence electrons. The number of hydrogen-bond donors (Lipinski definition) is 0. The quantitative estimate of drug-likeness (QED) is 0.432. The van der Waals surface area contributed by atoms with E-state index in [4.69, 9.17) is 4.98 Å². The van der Waals surface area contributed by atoms with Gasteiger partial charge in [-0.15, -0.1) is 0 Å². The third-order valence-electron chi connectivity index (χ3n) is 5.33. The third-order valence-corrected chi connectivity index (χ3v) is 5.33. The smallest absolute Gasteiger partial charge is 0.264 e. The van der Waals surface area contributed by atoms with E-state index < -0.39 is 0 Å². The molecule has 6 rings (SSSR count). The van der Waals surface area contributed by atoms with Crippen LogP contribution >= 0.6 is 0 Å². The molecule has 1 aliphatic rings. The van der Waals surface area contributed by atoms with Crippen LogP contribution in [-0.2, 0) is 13.6 Å². The van der Waals surface area contributed by atoms with E-state index in [1.54, 1.807) is 0 Å². The summed E-state index contributed by atoms with van der Waals surface area (Å²) in [5.74, 6) is 1.22. The van der Waals surface area contributed by atoms with Crippen molar-refractivity contribution in [3.05, 3.63) is 72.7 Å². The van der Waals surface area contributed by atoms with Crippen molar-refractivity contribution in [3.63, 3.8) is 0 Å². The van der Waals surface area contributed by atoms with Crippen LogP contribution in [0.4, 0.5) is 0 Å². The first kappa shape index (κ1) is 13.8. The van der Waals surface area contributed by atoms with Gasteiger partial charge in [0.05, 0.1) is 24.5 Å². The molecule has 5 heterocycles. The topological polar surface area (TPSA) is 39.5 Å². The monoisotopic (exact) mass is 338 g/mol. The number of hydrogen-bond acceptors (Lipinski definition) is 2. The summed E-state index contributed by atoms with van der Waals surface area (Å²) in [4.78, 5) is 9.01. The van der Waals surface area contributed by atoms with Gasteiger partial charge in [0.1, 0.15) is 5.69 Å². The van der Waals surface area contributed by atoms with E-state index in [1.165, 1.54) is 33.5 Å². The second-order valence-corrected chi connectivity index (χ2v) is 6.72. The number of imidazole rings is 1. The standard InChI is InChI=1S/C21H16N5/c1-24-20-16-9-11-22-12-14(16)13-25(20)18-17-8-5-10-23-19(17)26(21(18)24)15-6-3-2-4-7-15/h2-12H,13H2,1H3/q+1. The lowest BCUT2D eigenvalue weighted by Gasteiger charge is -2.03. The van der Waals surface area contributed by atoms with Crippen LogP contribution in [0.3, 0.4) is 0 Å². The normalized spacial score (nSPS) is 12.7. The van der Waals surface area contributed by atoms with Gasteiger partial charge >= 0.3 is 0 Å². The van der Waals surface area contributed by atoms with Gasteiger partial charge in [0.25, 0.3) is 5.65 Å². The zero-order chi connectivity index (χ0) is 17.3. The summed E-state index contributed by atoms with van der Waals surface area (Å²) in [5, 5.41) is 1.17. The van der Waals surface area contributed by atoms with Crippen LogP contribution in [0.5, 0.6) is 0 Å². The molecular weight excluding hydrogens is 322 g/mol. The molecule has 0 N–H and O–H groups in total. The zero-order valence-electron chi connectivity index (χ0n) is 14.3. The molecule has 1 aromatic carbocycles. The van der Waals surface area contributed by atoms with Crippen LogP contribution in [0, 0.1) is 0 Å². The molecular formula is C21H16N5+. The van der Waals surface area contributed by atoms with E-state index in [0.29, 0.717) is 0 Å². The number of benzene rings is 1. The van der Waals surface area contributed by atoms with E-state index in [0.717, 1.165) is 17.9 Å². The number of pyridine rings is 2. The van der Waals surface area contributed by atoms with Crippen molar-refractivity contribution in [2.45, 2.75) is 6.54 Å². The highest BCUT2D eigenvalue weighted by atomic mass is 15.3. The molecule has 5 heteroatoms. The van der Waals surface area contributed by atoms with Crippen LogP contribution in [0.15, 0.2) is 67.1 Å². The lowest BCUT2D eigenvalue weighted by atomic mass is 10.2. The van der Waals surface area contributed by atoms with E-state index >= 15 is 0 Å². The molecule has 1 aliphatic heterocycles. The number of nitrogens with zero attached hydrogens (tertiary/aromatic N) is 5. The molecule has 0 amide bonds. The number of aromatic nitrogens is 5. The number of fused-ring (bicyclic) bond motifs is 7. The molecule has 0 fully saturated rings. The highest BCUT2D eigenvalue weighted by molar-refractivity contribution is 6.04. The van der Waals surface area contributed by atoms with Crippen LogP contribution in [-0.4, -0.2) is 19.1 Å². The molecule has 0 radical (unpaired) electrons. The summed E-state index contributed by atoms with van der Waals surface area (Å²) in [7, 11) is 2.14. The Kier molecular flexibility index (Phi) is 2.54. The predicted molar refractivity (Wildman–Crippen MR) is 100 cm³/mol. The Balaban J connectivity index is 1.83. The van der Waals surface area contributed by atoms with Gasteiger partial charge in [-0.25, -0.2) is 18.7 Å². The highest BCUT2D eigenvalue weighted by Crippen LogP contribution is 2.37. The van der Waals surface area contributed by atoms with Gasteiger partial charge < -0.3 is 0 Å². The van der Waals surface area contributed by atoms with Crippen LogP contribution in [0.2, 0.25) is 0 Å². The Hall–Kier alpha value is -3.47. The van der Waals surface area contributed by atoms with Crippen molar-refractivity contribution < 1.29 is 4.57 Å². The Labute approximate surface area is 149 Å². The van der Waals surface area contributed by atoms with Gasteiger partial charge in [0.15, 0.2) is 5.52 Å². The molecule has 0 saturated heterocycles. The van der Waals surface area contributed by atoms with Gasteiger partial charge in [-0.05, 0) is 30.3 Å². The lowest BCUT2D eigenvalue weighted by Crippen LogP contribution is -2.31. The molecule has 0 bridgehead atoms. The molecule has 4 aromatic heterocycles. The van der Waals surface area contributed by atoms with E-state index in [2.05, 4.69) is 62.1 Å². The number of aryl methyl sites for hydroxylation is 1. The molecule has 0 atom stereocenters. The van der Waals surface area contributed by atoms with Gasteiger partial charge in [0.2, 0.25) is 11.5 Å². The summed E-state index contributed by atoms with van der Waals surface area (Å²) in [6, 6.07) is 16.7. The van der Waals surface area contributed by atoms with Crippen molar-refractivity contribution in [1.82, 2.24) is 19.1 Å². The van der Waals surface area contributed by atoms with Gasteiger partial charge in [-0.2, -0.15) is 0 Å². The van der Waals surface area contributed by atoms with E-state index in [1.807, 2.05) is 30.7 Å². The van der Waals surface area contributed by atoms with E-state index in [9.17, 15) is 0 Å². The maximum absolute atomic E-state index is 4.71. The summed E-state index contributed by atoms with van der Waals surface area (Å²) in [6.07, 6.45) is 5.71. The summed E-state index contributed by atoms with van der Waals surface area (Å²) in [5.41, 5.74) is 7.04. The average Bonchev–Trinajstić information content (AvgIpc) is 3.31. The largest absolute Gasteiger partial charge is 0.275 e. The van der Waals surface area contributed by atoms with Crippen molar-refractivity contribution in [2.24, 2.45) is 7.05 Å². The molecule has 0 saturated carbocycles. The fourth-order valence-corrected chi connectivity index (χ4v) is 4.29. The van der Waals surface area contributed by atoms with Gasteiger partial charge in [-0.3, -0.25) is 4.98 Å². The Morgan fingerprint density at radius 1 is 1.00 bits per heavy atom. The summed E-state index contributed by atoms with van der Waals surface area (Å²) in [6.45, 7) is 0.846. The Morgan fingerprint density at radius 2 is 1.88 bits per heavy atom. The molecule has 0 unspecified atom stereocenters. The Bertz CT molecular complexity index is 1310. The maximum Gasteiger partial charge on any atom is 0.275 e. The first-order valence-corrected chi connectivity index (χ1v) is 8.71. The average molecular weight is 338 g/mol. The van der Waals surface area contributed by atoms with Crippen LogP contribution in [0.25, 0.3) is 39.3 Å². The fraction of sp³-hybridized carbons (Fsp3) is 0.0952. The maximum atomic E-state index is 4.71. The van der Waals surface area contributed by atoms with Gasteiger partial charge in [0, 0.05) is 24.2 Å². The number of rotatable bonds is 1. The Morgan fingerprint density at radius 3 is 2.77 bits per heavy atom. The molecule has 5 nitrogen and oxygen atoms in total. The second-order valence-electron chi connectivity index (χ2n) is 6.72. The van der Waals surface area contributed by atoms with E-state index in [-0.39, 0.29) is 0 Å². The third kappa shape index (κ3) is 1.57. The van der Waals surface area contributed by atoms with Crippen LogP contribution in [0.1, 0.15) is 5.56 Å². The van der Waals surface area contributed by atoms with Crippen molar-refractivity contribution in [1.29, 1.82) is 0 Å². The minimum atomic E-state index is 0.846.